The molecule has 2 aliphatic rings. The predicted octanol–water partition coefficient (Wildman–Crippen LogP) is 3.58. The van der Waals surface area contributed by atoms with Crippen LogP contribution < -0.4 is 4.90 Å². The normalized spacial score (nSPS) is 18.3. The van der Waals surface area contributed by atoms with Crippen molar-refractivity contribution >= 4 is 23.1 Å². The molecule has 2 aromatic carbocycles. The smallest absolute Gasteiger partial charge is 0.282 e. The Hall–Kier alpha value is -3.06. The number of halogens is 2. The Bertz CT molecular complexity index is 1060. The molecule has 0 saturated carbocycles. The third kappa shape index (κ3) is 3.85. The van der Waals surface area contributed by atoms with E-state index in [0.29, 0.717) is 5.56 Å². The first-order valence-electron chi connectivity index (χ1n) is 10.3. The molecular formula is C24H25F2N3O2. The number of aryl methyl sites for hydroxylation is 1. The third-order valence-corrected chi connectivity index (χ3v) is 6.14. The maximum atomic E-state index is 14.5. The standard InChI is InChI=1S/C24H25F2N3O2/c1-15-4-6-16(7-5-15)21-22(28(3)18-10-12-27(2)13-11-18)24(31)29(23(21)30)20-14-17(25)8-9-19(20)26/h4-9,14,18H,10-13H2,1-3H3. The fourth-order valence-corrected chi connectivity index (χ4v) is 4.27. The number of piperidine rings is 1. The lowest BCUT2D eigenvalue weighted by Crippen LogP contribution is -2.43. The number of rotatable bonds is 4. The van der Waals surface area contributed by atoms with E-state index in [1.807, 2.05) is 31.0 Å². The zero-order valence-corrected chi connectivity index (χ0v) is 17.9. The quantitative estimate of drug-likeness (QED) is 0.703. The van der Waals surface area contributed by atoms with Crippen LogP contribution in [0.1, 0.15) is 24.0 Å². The minimum Gasteiger partial charge on any atom is -0.366 e. The van der Waals surface area contributed by atoms with Crippen LogP contribution in [0.5, 0.6) is 0 Å². The van der Waals surface area contributed by atoms with Crippen molar-refractivity contribution in [3.05, 3.63) is 70.9 Å². The average Bonchev–Trinajstić information content (AvgIpc) is 3.00. The van der Waals surface area contributed by atoms with Crippen molar-refractivity contribution in [3.63, 3.8) is 0 Å². The van der Waals surface area contributed by atoms with Gasteiger partial charge in [0.25, 0.3) is 11.8 Å². The number of anilines is 1. The van der Waals surface area contributed by atoms with E-state index in [1.165, 1.54) is 0 Å². The molecule has 0 radical (unpaired) electrons. The van der Waals surface area contributed by atoms with Gasteiger partial charge in [0, 0.05) is 19.2 Å². The zero-order chi connectivity index (χ0) is 22.3. The highest BCUT2D eigenvalue weighted by Crippen LogP contribution is 2.37. The molecule has 2 aromatic rings. The summed E-state index contributed by atoms with van der Waals surface area (Å²) in [6, 6.07) is 10.1. The van der Waals surface area contributed by atoms with E-state index < -0.39 is 23.4 Å². The summed E-state index contributed by atoms with van der Waals surface area (Å²) in [6.07, 6.45) is 1.68. The van der Waals surface area contributed by atoms with Crippen LogP contribution >= 0.6 is 0 Å². The second kappa shape index (κ2) is 8.23. The molecular weight excluding hydrogens is 400 g/mol. The van der Waals surface area contributed by atoms with Crippen molar-refractivity contribution < 1.29 is 18.4 Å². The largest absolute Gasteiger partial charge is 0.366 e. The van der Waals surface area contributed by atoms with Crippen LogP contribution in [-0.4, -0.2) is 54.8 Å². The number of amides is 2. The molecule has 1 saturated heterocycles. The molecule has 31 heavy (non-hydrogen) atoms. The molecule has 0 N–H and O–H groups in total. The van der Waals surface area contributed by atoms with E-state index >= 15 is 0 Å². The molecule has 2 heterocycles. The van der Waals surface area contributed by atoms with E-state index in [2.05, 4.69) is 4.90 Å². The van der Waals surface area contributed by atoms with E-state index in [-0.39, 0.29) is 23.0 Å². The lowest BCUT2D eigenvalue weighted by molar-refractivity contribution is -0.120. The van der Waals surface area contributed by atoms with Gasteiger partial charge in [0.1, 0.15) is 17.3 Å². The summed E-state index contributed by atoms with van der Waals surface area (Å²) in [7, 11) is 3.85. The van der Waals surface area contributed by atoms with Gasteiger partial charge in [0.2, 0.25) is 0 Å². The Morgan fingerprint density at radius 2 is 1.61 bits per heavy atom. The highest BCUT2D eigenvalue weighted by Gasteiger charge is 2.44. The van der Waals surface area contributed by atoms with Gasteiger partial charge < -0.3 is 9.80 Å². The summed E-state index contributed by atoms with van der Waals surface area (Å²) in [5, 5.41) is 0. The number of nitrogens with zero attached hydrogens (tertiary/aromatic N) is 3. The number of likely N-dealkylation sites (N-methyl/N-ethyl adjacent to an activating group) is 1. The first kappa shape index (κ1) is 21.2. The first-order chi connectivity index (χ1) is 14.8. The van der Waals surface area contributed by atoms with Crippen molar-refractivity contribution in [2.45, 2.75) is 25.8 Å². The van der Waals surface area contributed by atoms with Gasteiger partial charge in [0.15, 0.2) is 0 Å². The lowest BCUT2D eigenvalue weighted by atomic mass is 9.99. The fraction of sp³-hybridized carbons (Fsp3) is 0.333. The van der Waals surface area contributed by atoms with Gasteiger partial charge in [0.05, 0.1) is 11.3 Å². The molecule has 1 fully saturated rings. The molecule has 0 spiro atoms. The Balaban J connectivity index is 1.81. The maximum Gasteiger partial charge on any atom is 0.282 e. The molecule has 2 amide bonds. The first-order valence-corrected chi connectivity index (χ1v) is 10.3. The van der Waals surface area contributed by atoms with Crippen molar-refractivity contribution in [2.24, 2.45) is 0 Å². The van der Waals surface area contributed by atoms with Crippen LogP contribution in [0.2, 0.25) is 0 Å². The lowest BCUT2D eigenvalue weighted by Gasteiger charge is -2.36. The summed E-state index contributed by atoms with van der Waals surface area (Å²) < 4.78 is 28.4. The molecule has 0 bridgehead atoms. The maximum absolute atomic E-state index is 14.5. The second-order valence-corrected chi connectivity index (χ2v) is 8.28. The predicted molar refractivity (Wildman–Crippen MR) is 115 cm³/mol. The third-order valence-electron chi connectivity index (χ3n) is 6.14. The van der Waals surface area contributed by atoms with Crippen LogP contribution in [-0.2, 0) is 9.59 Å². The van der Waals surface area contributed by atoms with Crippen molar-refractivity contribution in [1.29, 1.82) is 0 Å². The minimum absolute atomic E-state index is 0.0701. The van der Waals surface area contributed by atoms with Gasteiger partial charge in [-0.25, -0.2) is 13.7 Å². The molecule has 5 nitrogen and oxygen atoms in total. The second-order valence-electron chi connectivity index (χ2n) is 8.28. The molecule has 0 atom stereocenters. The van der Waals surface area contributed by atoms with Crippen LogP contribution in [0, 0.1) is 18.6 Å². The Morgan fingerprint density at radius 3 is 2.26 bits per heavy atom. The van der Waals surface area contributed by atoms with Crippen LogP contribution in [0.4, 0.5) is 14.5 Å². The number of hydrogen-bond acceptors (Lipinski definition) is 4. The zero-order valence-electron chi connectivity index (χ0n) is 17.9. The summed E-state index contributed by atoms with van der Waals surface area (Å²) in [5.41, 5.74) is 1.67. The van der Waals surface area contributed by atoms with Crippen molar-refractivity contribution in [2.75, 3.05) is 32.1 Å². The highest BCUT2D eigenvalue weighted by molar-refractivity contribution is 6.45. The molecule has 0 unspecified atom stereocenters. The van der Waals surface area contributed by atoms with Crippen LogP contribution in [0.15, 0.2) is 48.2 Å². The summed E-state index contributed by atoms with van der Waals surface area (Å²) >= 11 is 0. The number of carbonyl (C=O) groups excluding carboxylic acids is 2. The van der Waals surface area contributed by atoms with Crippen LogP contribution in [0.25, 0.3) is 5.57 Å². The topological polar surface area (TPSA) is 43.9 Å². The molecule has 0 aliphatic carbocycles. The van der Waals surface area contributed by atoms with E-state index in [4.69, 9.17) is 0 Å². The fourth-order valence-electron chi connectivity index (χ4n) is 4.27. The van der Waals surface area contributed by atoms with Gasteiger partial charge in [-0.1, -0.05) is 29.8 Å². The molecule has 2 aliphatic heterocycles. The summed E-state index contributed by atoms with van der Waals surface area (Å²) in [4.78, 5) is 31.7. The van der Waals surface area contributed by atoms with Gasteiger partial charge >= 0.3 is 0 Å². The van der Waals surface area contributed by atoms with Crippen molar-refractivity contribution in [1.82, 2.24) is 9.80 Å². The summed E-state index contributed by atoms with van der Waals surface area (Å²) in [5.74, 6) is -2.82. The highest BCUT2D eigenvalue weighted by atomic mass is 19.1. The van der Waals surface area contributed by atoms with E-state index in [9.17, 15) is 18.4 Å². The van der Waals surface area contributed by atoms with Gasteiger partial charge in [-0.3, -0.25) is 9.59 Å². The molecule has 162 valence electrons. The SMILES string of the molecule is Cc1ccc(C2=C(N(C)C3CCN(C)CC3)C(=O)N(c3cc(F)ccc3F)C2=O)cc1. The molecule has 0 aromatic heterocycles. The van der Waals surface area contributed by atoms with Gasteiger partial charge in [-0.05, 0) is 57.6 Å². The molecule has 4 rings (SSSR count). The van der Waals surface area contributed by atoms with E-state index in [1.54, 1.807) is 19.2 Å². The Kier molecular flexibility index (Phi) is 5.62. The number of hydrogen-bond donors (Lipinski definition) is 0. The molecule has 7 heteroatoms. The average molecular weight is 425 g/mol. The number of carbonyl (C=O) groups is 2. The van der Waals surface area contributed by atoms with Crippen molar-refractivity contribution in [3.8, 4) is 0 Å². The number of likely N-dealkylation sites (tertiary alicyclic amines) is 1. The van der Waals surface area contributed by atoms with Gasteiger partial charge in [-0.2, -0.15) is 0 Å². The monoisotopic (exact) mass is 425 g/mol. The van der Waals surface area contributed by atoms with Crippen LogP contribution in [0.3, 0.4) is 0 Å². The Labute approximate surface area is 180 Å². The van der Waals surface area contributed by atoms with E-state index in [0.717, 1.165) is 54.6 Å². The Morgan fingerprint density at radius 1 is 0.968 bits per heavy atom. The number of benzene rings is 2. The number of imide groups is 1. The van der Waals surface area contributed by atoms with Gasteiger partial charge in [-0.15, -0.1) is 0 Å². The minimum atomic E-state index is -0.824. The summed E-state index contributed by atoms with van der Waals surface area (Å²) in [6.45, 7) is 3.69.